The highest BCUT2D eigenvalue weighted by atomic mass is 16.4. The van der Waals surface area contributed by atoms with Gasteiger partial charge in [0.1, 0.15) is 18.1 Å². The molecule has 0 aliphatic rings. The Morgan fingerprint density at radius 3 is 1.91 bits per heavy atom. The second-order valence-corrected chi connectivity index (χ2v) is 9.27. The van der Waals surface area contributed by atoms with Crippen LogP contribution in [0.2, 0.25) is 0 Å². The van der Waals surface area contributed by atoms with Crippen LogP contribution in [-0.2, 0) is 30.4 Å². The topological polar surface area (TPSA) is 217 Å². The van der Waals surface area contributed by atoms with E-state index in [1.54, 1.807) is 13.8 Å². The number of amides is 3. The summed E-state index contributed by atoms with van der Waals surface area (Å²) in [6, 6.07) is -4.90. The van der Waals surface area contributed by atoms with E-state index in [9.17, 15) is 34.2 Å². The van der Waals surface area contributed by atoms with E-state index >= 15 is 0 Å². The van der Waals surface area contributed by atoms with Gasteiger partial charge in [-0.1, -0.05) is 27.7 Å². The summed E-state index contributed by atoms with van der Waals surface area (Å²) in [4.78, 5) is 67.9. The Morgan fingerprint density at radius 1 is 0.886 bits per heavy atom. The molecule has 13 nitrogen and oxygen atoms in total. The average Bonchev–Trinajstić information content (AvgIpc) is 3.24. The van der Waals surface area contributed by atoms with Crippen LogP contribution in [0, 0.1) is 11.8 Å². The van der Waals surface area contributed by atoms with Crippen molar-refractivity contribution >= 4 is 29.7 Å². The van der Waals surface area contributed by atoms with Crippen molar-refractivity contribution in [2.45, 2.75) is 77.5 Å². The molecule has 0 spiro atoms. The highest BCUT2D eigenvalue weighted by Gasteiger charge is 2.32. The summed E-state index contributed by atoms with van der Waals surface area (Å²) in [5, 5.41) is 25.9. The number of imidazole rings is 1. The number of hydrogen-bond acceptors (Lipinski definition) is 7. The van der Waals surface area contributed by atoms with E-state index in [2.05, 4.69) is 25.9 Å². The quantitative estimate of drug-likeness (QED) is 0.164. The SMILES string of the molecule is CC(C)CC(N)C(=O)NC(CC(=O)O)C(=O)NC(Cc1cnc[nH]1)C(=O)NC(CC(C)C)C(=O)O. The van der Waals surface area contributed by atoms with Gasteiger partial charge in [-0.2, -0.15) is 0 Å². The number of hydrogen-bond donors (Lipinski definition) is 7. The minimum atomic E-state index is -1.50. The molecule has 35 heavy (non-hydrogen) atoms. The lowest BCUT2D eigenvalue weighted by Crippen LogP contribution is -2.58. The van der Waals surface area contributed by atoms with Crippen molar-refractivity contribution < 1.29 is 34.2 Å². The molecular formula is C22H36N6O7. The van der Waals surface area contributed by atoms with Crippen LogP contribution < -0.4 is 21.7 Å². The first-order chi connectivity index (χ1) is 16.3. The van der Waals surface area contributed by atoms with Crippen molar-refractivity contribution in [2.75, 3.05) is 0 Å². The molecule has 13 heteroatoms. The molecule has 196 valence electrons. The summed E-state index contributed by atoms with van der Waals surface area (Å²) in [5.74, 6) is -4.90. The zero-order valence-corrected chi connectivity index (χ0v) is 20.4. The molecule has 1 heterocycles. The Hall–Kier alpha value is -3.48. The summed E-state index contributed by atoms with van der Waals surface area (Å²) in [6.07, 6.45) is 2.47. The minimum Gasteiger partial charge on any atom is -0.481 e. The average molecular weight is 497 g/mol. The molecule has 8 N–H and O–H groups in total. The van der Waals surface area contributed by atoms with E-state index in [-0.39, 0.29) is 24.7 Å². The van der Waals surface area contributed by atoms with Crippen molar-refractivity contribution in [2.24, 2.45) is 17.6 Å². The van der Waals surface area contributed by atoms with Gasteiger partial charge in [0.05, 0.1) is 18.8 Å². The maximum absolute atomic E-state index is 13.0. The molecule has 0 fully saturated rings. The van der Waals surface area contributed by atoms with E-state index < -0.39 is 60.2 Å². The van der Waals surface area contributed by atoms with Crippen LogP contribution in [-0.4, -0.2) is 74.0 Å². The smallest absolute Gasteiger partial charge is 0.326 e. The van der Waals surface area contributed by atoms with Crippen LogP contribution in [0.15, 0.2) is 12.5 Å². The molecule has 0 aliphatic carbocycles. The van der Waals surface area contributed by atoms with E-state index in [1.165, 1.54) is 12.5 Å². The number of aromatic amines is 1. The predicted octanol–water partition coefficient (Wildman–Crippen LogP) is -0.615. The van der Waals surface area contributed by atoms with Crippen LogP contribution in [0.5, 0.6) is 0 Å². The normalized spacial score (nSPS) is 14.6. The van der Waals surface area contributed by atoms with Crippen molar-refractivity contribution in [1.82, 2.24) is 25.9 Å². The van der Waals surface area contributed by atoms with Crippen LogP contribution in [0.25, 0.3) is 0 Å². The van der Waals surface area contributed by atoms with Gasteiger partial charge in [-0.15, -0.1) is 0 Å². The second kappa shape index (κ2) is 14.0. The first kappa shape index (κ1) is 29.6. The molecule has 0 saturated carbocycles. The fraction of sp³-hybridized carbons (Fsp3) is 0.636. The third-order valence-electron chi connectivity index (χ3n) is 5.01. The number of aromatic nitrogens is 2. The van der Waals surface area contributed by atoms with E-state index in [4.69, 9.17) is 5.73 Å². The van der Waals surface area contributed by atoms with E-state index in [1.807, 2.05) is 13.8 Å². The third-order valence-corrected chi connectivity index (χ3v) is 5.01. The lowest BCUT2D eigenvalue weighted by atomic mass is 10.0. The predicted molar refractivity (Wildman–Crippen MR) is 125 cm³/mol. The number of carbonyl (C=O) groups excluding carboxylic acids is 3. The van der Waals surface area contributed by atoms with Gasteiger partial charge in [-0.05, 0) is 24.7 Å². The number of carbonyl (C=O) groups is 5. The van der Waals surface area contributed by atoms with Crippen molar-refractivity contribution in [1.29, 1.82) is 0 Å². The number of nitrogens with two attached hydrogens (primary N) is 1. The molecule has 1 aromatic heterocycles. The van der Waals surface area contributed by atoms with Crippen molar-refractivity contribution in [3.63, 3.8) is 0 Å². The van der Waals surface area contributed by atoms with E-state index in [0.717, 1.165) is 0 Å². The van der Waals surface area contributed by atoms with Gasteiger partial charge in [0, 0.05) is 18.3 Å². The van der Waals surface area contributed by atoms with Crippen molar-refractivity contribution in [3.05, 3.63) is 18.2 Å². The molecule has 0 aliphatic heterocycles. The molecule has 4 unspecified atom stereocenters. The Balaban J connectivity index is 3.07. The van der Waals surface area contributed by atoms with Crippen LogP contribution in [0.1, 0.15) is 52.7 Å². The molecule has 0 bridgehead atoms. The Kier molecular flexibility index (Phi) is 11.9. The zero-order chi connectivity index (χ0) is 26.7. The molecule has 1 aromatic rings. The number of aliphatic carboxylic acids is 2. The number of nitrogens with one attached hydrogen (secondary N) is 4. The number of rotatable bonds is 15. The Bertz CT molecular complexity index is 872. The van der Waals surface area contributed by atoms with Gasteiger partial charge >= 0.3 is 11.9 Å². The van der Waals surface area contributed by atoms with Gasteiger partial charge in [0.2, 0.25) is 17.7 Å². The van der Waals surface area contributed by atoms with Crippen LogP contribution in [0.3, 0.4) is 0 Å². The van der Waals surface area contributed by atoms with Gasteiger partial charge in [0.25, 0.3) is 0 Å². The standard InChI is InChI=1S/C22H36N6O7/c1-11(2)5-14(23)19(31)26-16(8-18(29)30)21(33)27-15(7-13-9-24-10-25-13)20(32)28-17(22(34)35)6-12(3)4/h9-12,14-17H,5-8,23H2,1-4H3,(H,24,25)(H,26,31)(H,27,33)(H,28,32)(H,29,30)(H,34,35). The highest BCUT2D eigenvalue weighted by molar-refractivity contribution is 5.95. The first-order valence-electron chi connectivity index (χ1n) is 11.4. The molecule has 1 rings (SSSR count). The second-order valence-electron chi connectivity index (χ2n) is 9.27. The molecule has 4 atom stereocenters. The van der Waals surface area contributed by atoms with Gasteiger partial charge in [-0.25, -0.2) is 9.78 Å². The number of nitrogens with zero attached hydrogens (tertiary/aromatic N) is 1. The lowest BCUT2D eigenvalue weighted by molar-refractivity contribution is -0.143. The first-order valence-corrected chi connectivity index (χ1v) is 11.4. The van der Waals surface area contributed by atoms with E-state index in [0.29, 0.717) is 12.1 Å². The highest BCUT2D eigenvalue weighted by Crippen LogP contribution is 2.08. The zero-order valence-electron chi connectivity index (χ0n) is 20.4. The third kappa shape index (κ3) is 11.0. The Labute approximate surface area is 203 Å². The monoisotopic (exact) mass is 496 g/mol. The summed E-state index contributed by atoms with van der Waals surface area (Å²) in [6.45, 7) is 7.32. The van der Waals surface area contributed by atoms with Crippen LogP contribution >= 0.6 is 0 Å². The van der Waals surface area contributed by atoms with Crippen LogP contribution in [0.4, 0.5) is 0 Å². The Morgan fingerprint density at radius 2 is 1.43 bits per heavy atom. The summed E-state index contributed by atoms with van der Waals surface area (Å²) < 4.78 is 0. The summed E-state index contributed by atoms with van der Waals surface area (Å²) in [7, 11) is 0. The molecule has 0 aromatic carbocycles. The maximum atomic E-state index is 13.0. The van der Waals surface area contributed by atoms with Gasteiger partial charge in [0.15, 0.2) is 0 Å². The maximum Gasteiger partial charge on any atom is 0.326 e. The van der Waals surface area contributed by atoms with Crippen molar-refractivity contribution in [3.8, 4) is 0 Å². The largest absolute Gasteiger partial charge is 0.481 e. The summed E-state index contributed by atoms with van der Waals surface area (Å²) >= 11 is 0. The van der Waals surface area contributed by atoms with Gasteiger partial charge < -0.3 is 36.9 Å². The fourth-order valence-corrected chi connectivity index (χ4v) is 3.34. The van der Waals surface area contributed by atoms with Gasteiger partial charge in [-0.3, -0.25) is 19.2 Å². The fourth-order valence-electron chi connectivity index (χ4n) is 3.34. The minimum absolute atomic E-state index is 0.0257. The molecule has 0 saturated heterocycles. The lowest BCUT2D eigenvalue weighted by Gasteiger charge is -2.25. The number of H-pyrrole nitrogens is 1. The molecule has 0 radical (unpaired) electrons. The number of carboxylic acid groups (broad SMARTS) is 2. The molecular weight excluding hydrogens is 460 g/mol. The molecule has 3 amide bonds. The summed E-state index contributed by atoms with van der Waals surface area (Å²) in [5.41, 5.74) is 6.31. The number of carboxylic acids is 2.